The Bertz CT molecular complexity index is 464. The van der Waals surface area contributed by atoms with Crippen LogP contribution < -0.4 is 39.4 Å². The van der Waals surface area contributed by atoms with E-state index in [4.69, 9.17) is 4.74 Å². The van der Waals surface area contributed by atoms with Crippen LogP contribution in [0.1, 0.15) is 103 Å². The van der Waals surface area contributed by atoms with Gasteiger partial charge in [-0.15, -0.1) is 0 Å². The van der Waals surface area contributed by atoms with E-state index in [9.17, 15) is 9.90 Å². The average molecular weight is 399 g/mol. The van der Waals surface area contributed by atoms with Crippen LogP contribution in [-0.2, 0) is 4.79 Å². The van der Waals surface area contributed by atoms with Gasteiger partial charge in [0.2, 0.25) is 0 Å². The molecular formula is C24H39NaO3. The van der Waals surface area contributed by atoms with E-state index in [1.54, 1.807) is 12.1 Å². The summed E-state index contributed by atoms with van der Waals surface area (Å²) in [5.41, 5.74) is 0. The molecule has 0 aromatic heterocycles. The maximum absolute atomic E-state index is 11.2. The van der Waals surface area contributed by atoms with Gasteiger partial charge in [0.15, 0.2) is 0 Å². The molecule has 1 rings (SSSR count). The van der Waals surface area contributed by atoms with Crippen molar-refractivity contribution in [3.05, 3.63) is 30.3 Å². The van der Waals surface area contributed by atoms with Gasteiger partial charge >= 0.3 is 29.6 Å². The van der Waals surface area contributed by atoms with Crippen molar-refractivity contribution in [3.63, 3.8) is 0 Å². The predicted molar refractivity (Wildman–Crippen MR) is 111 cm³/mol. The van der Waals surface area contributed by atoms with Crippen molar-refractivity contribution < 1.29 is 44.2 Å². The Morgan fingerprint density at radius 1 is 0.786 bits per heavy atom. The van der Waals surface area contributed by atoms with Crippen molar-refractivity contribution in [3.8, 4) is 5.75 Å². The van der Waals surface area contributed by atoms with Crippen molar-refractivity contribution in [2.75, 3.05) is 0 Å². The molecule has 1 aromatic carbocycles. The normalized spacial score (nSPS) is 11.6. The molecule has 3 nitrogen and oxygen atoms in total. The summed E-state index contributed by atoms with van der Waals surface area (Å²) in [7, 11) is 0. The molecule has 0 heterocycles. The third-order valence-corrected chi connectivity index (χ3v) is 5.10. The Hall–Kier alpha value is -0.510. The van der Waals surface area contributed by atoms with Crippen LogP contribution in [0.2, 0.25) is 0 Å². The van der Waals surface area contributed by atoms with Crippen LogP contribution in [0.5, 0.6) is 5.75 Å². The largest absolute Gasteiger partial charge is 1.00 e. The van der Waals surface area contributed by atoms with E-state index in [1.807, 2.05) is 18.2 Å². The molecule has 0 radical (unpaired) electrons. The van der Waals surface area contributed by atoms with E-state index in [1.165, 1.54) is 77.0 Å². The second-order valence-electron chi connectivity index (χ2n) is 7.62. The molecule has 4 heteroatoms. The summed E-state index contributed by atoms with van der Waals surface area (Å²) in [5, 5.41) is 11.2. The summed E-state index contributed by atoms with van der Waals surface area (Å²) in [4.78, 5) is 11.2. The van der Waals surface area contributed by atoms with Crippen molar-refractivity contribution >= 4 is 5.97 Å². The van der Waals surface area contributed by atoms with E-state index in [2.05, 4.69) is 6.92 Å². The fraction of sp³-hybridized carbons (Fsp3) is 0.708. The van der Waals surface area contributed by atoms with Gasteiger partial charge in [-0.2, -0.15) is 0 Å². The molecule has 1 unspecified atom stereocenters. The molecule has 1 aromatic rings. The van der Waals surface area contributed by atoms with E-state index in [0.717, 1.165) is 12.8 Å². The van der Waals surface area contributed by atoms with Crippen LogP contribution in [-0.4, -0.2) is 12.1 Å². The molecule has 0 amide bonds. The quantitative estimate of drug-likeness (QED) is 0.282. The van der Waals surface area contributed by atoms with Gasteiger partial charge in [-0.1, -0.05) is 109 Å². The third kappa shape index (κ3) is 15.4. The standard InChI is InChI=1S/C24H40O3.Na/c1-2-3-4-5-6-7-8-9-10-11-12-13-14-18-21-23(24(25)26)27-22-19-16-15-17-20-22;/h15-17,19-20,23H,2-14,18,21H2,1H3,(H,25,26);/q;+1/p-1. The second-order valence-corrected chi connectivity index (χ2v) is 7.62. The third-order valence-electron chi connectivity index (χ3n) is 5.10. The summed E-state index contributed by atoms with van der Waals surface area (Å²) in [5.74, 6) is -0.523. The number of ether oxygens (including phenoxy) is 1. The number of carbonyl (C=O) groups excluding carboxylic acids is 1. The predicted octanol–water partition coefficient (Wildman–Crippen LogP) is 3.06. The SMILES string of the molecule is CCCCCCCCCCCCCCCCC(Oc1ccccc1)C(=O)[O-].[Na+]. The summed E-state index contributed by atoms with van der Waals surface area (Å²) >= 11 is 0. The zero-order valence-corrected chi connectivity index (χ0v) is 20.3. The molecule has 0 spiro atoms. The minimum atomic E-state index is -1.12. The first kappa shape index (κ1) is 27.5. The van der Waals surface area contributed by atoms with Gasteiger partial charge in [0, 0.05) is 0 Å². The molecule has 154 valence electrons. The van der Waals surface area contributed by atoms with E-state index >= 15 is 0 Å². The molecule has 0 aliphatic rings. The van der Waals surface area contributed by atoms with Gasteiger partial charge in [-0.3, -0.25) is 0 Å². The number of carboxylic acid groups (broad SMARTS) is 1. The number of benzene rings is 1. The number of carboxylic acids is 1. The zero-order valence-electron chi connectivity index (χ0n) is 18.3. The Balaban J connectivity index is 0.00000729. The van der Waals surface area contributed by atoms with E-state index in [-0.39, 0.29) is 29.6 Å². The van der Waals surface area contributed by atoms with Crippen LogP contribution in [0.15, 0.2) is 30.3 Å². The van der Waals surface area contributed by atoms with Gasteiger partial charge in [-0.25, -0.2) is 0 Å². The summed E-state index contributed by atoms with van der Waals surface area (Å²) in [6.07, 6.45) is 17.8. The van der Waals surface area contributed by atoms with Gasteiger partial charge in [0.05, 0.1) is 5.97 Å². The fourth-order valence-corrected chi connectivity index (χ4v) is 3.41. The first-order chi connectivity index (χ1) is 13.2. The Morgan fingerprint density at radius 2 is 1.21 bits per heavy atom. The summed E-state index contributed by atoms with van der Waals surface area (Å²) in [6, 6.07) is 9.12. The maximum atomic E-state index is 11.2. The van der Waals surface area contributed by atoms with E-state index < -0.39 is 12.1 Å². The van der Waals surface area contributed by atoms with Gasteiger partial charge in [0.25, 0.3) is 0 Å². The summed E-state index contributed by atoms with van der Waals surface area (Å²) in [6.45, 7) is 2.26. The van der Waals surface area contributed by atoms with Crippen LogP contribution in [0.4, 0.5) is 0 Å². The van der Waals surface area contributed by atoms with Gasteiger partial charge < -0.3 is 14.6 Å². The number of unbranched alkanes of at least 4 members (excludes halogenated alkanes) is 13. The topological polar surface area (TPSA) is 49.4 Å². The molecular weight excluding hydrogens is 359 g/mol. The molecule has 1 atom stereocenters. The van der Waals surface area contributed by atoms with Crippen molar-refractivity contribution in [2.24, 2.45) is 0 Å². The maximum Gasteiger partial charge on any atom is 1.00 e. The fourth-order valence-electron chi connectivity index (χ4n) is 3.41. The second kappa shape index (κ2) is 19.8. The number of carbonyl (C=O) groups is 1. The van der Waals surface area contributed by atoms with Crippen molar-refractivity contribution in [1.29, 1.82) is 0 Å². The Morgan fingerprint density at radius 3 is 1.64 bits per heavy atom. The number of hydrogen-bond donors (Lipinski definition) is 0. The summed E-state index contributed by atoms with van der Waals surface area (Å²) < 4.78 is 5.53. The van der Waals surface area contributed by atoms with Crippen LogP contribution in [0.25, 0.3) is 0 Å². The average Bonchev–Trinajstić information content (AvgIpc) is 2.68. The first-order valence-corrected chi connectivity index (χ1v) is 11.2. The van der Waals surface area contributed by atoms with Crippen LogP contribution >= 0.6 is 0 Å². The van der Waals surface area contributed by atoms with E-state index in [0.29, 0.717) is 12.2 Å². The molecule has 28 heavy (non-hydrogen) atoms. The van der Waals surface area contributed by atoms with Gasteiger partial charge in [0.1, 0.15) is 11.9 Å². The van der Waals surface area contributed by atoms with Crippen LogP contribution in [0.3, 0.4) is 0 Å². The van der Waals surface area contributed by atoms with Crippen LogP contribution in [0, 0.1) is 0 Å². The van der Waals surface area contributed by atoms with Crippen molar-refractivity contribution in [2.45, 2.75) is 109 Å². The monoisotopic (exact) mass is 398 g/mol. The minimum absolute atomic E-state index is 0. The number of para-hydroxylation sites is 1. The van der Waals surface area contributed by atoms with Crippen molar-refractivity contribution in [1.82, 2.24) is 0 Å². The first-order valence-electron chi connectivity index (χ1n) is 11.2. The molecule has 0 aliphatic heterocycles. The van der Waals surface area contributed by atoms with Gasteiger partial charge in [-0.05, 0) is 25.0 Å². The number of rotatable bonds is 18. The Labute approximate surface area is 194 Å². The minimum Gasteiger partial charge on any atom is -0.546 e. The molecule has 0 fully saturated rings. The molecule has 0 bridgehead atoms. The molecule has 0 saturated heterocycles. The molecule has 0 aliphatic carbocycles. The zero-order chi connectivity index (χ0) is 19.6. The Kier molecular flexibility index (Phi) is 19.4. The molecule has 0 saturated carbocycles. The number of hydrogen-bond acceptors (Lipinski definition) is 3. The smallest absolute Gasteiger partial charge is 0.546 e. The number of aliphatic carboxylic acids is 1. The molecule has 0 N–H and O–H groups in total.